The van der Waals surface area contributed by atoms with E-state index < -0.39 is 0 Å². The lowest BCUT2D eigenvalue weighted by Gasteiger charge is -2.32. The summed E-state index contributed by atoms with van der Waals surface area (Å²) in [6.07, 6.45) is 2.34. The van der Waals surface area contributed by atoms with Crippen LogP contribution in [-0.2, 0) is 0 Å². The van der Waals surface area contributed by atoms with E-state index in [1.165, 1.54) is 12.8 Å². The van der Waals surface area contributed by atoms with Gasteiger partial charge >= 0.3 is 0 Å². The number of hydrogen-bond donors (Lipinski definition) is 0. The molecule has 2 rings (SSSR count). The van der Waals surface area contributed by atoms with Crippen molar-refractivity contribution in [3.05, 3.63) is 22.7 Å². The maximum Gasteiger partial charge on any atom is 0.162 e. The van der Waals surface area contributed by atoms with E-state index in [1.54, 1.807) is 20.3 Å². The van der Waals surface area contributed by atoms with Crippen molar-refractivity contribution in [1.29, 1.82) is 0 Å². The Morgan fingerprint density at radius 3 is 2.30 bits per heavy atom. The van der Waals surface area contributed by atoms with Gasteiger partial charge in [0.1, 0.15) is 4.99 Å². The zero-order valence-corrected chi connectivity index (χ0v) is 13.7. The number of likely N-dealkylation sites (tertiary alicyclic amines) is 1. The quantitative estimate of drug-likeness (QED) is 0.792. The lowest BCUT2D eigenvalue weighted by molar-refractivity contribution is 0.284. The highest BCUT2D eigenvalue weighted by molar-refractivity contribution is 7.80. The summed E-state index contributed by atoms with van der Waals surface area (Å²) in [5, 5.41) is 0.603. The number of nitrogens with zero attached hydrogens (tertiary/aromatic N) is 1. The van der Waals surface area contributed by atoms with Crippen molar-refractivity contribution in [3.63, 3.8) is 0 Å². The van der Waals surface area contributed by atoms with Crippen LogP contribution in [0.15, 0.2) is 12.1 Å². The molecule has 0 radical (unpaired) electrons. The van der Waals surface area contributed by atoms with Crippen molar-refractivity contribution >= 4 is 28.8 Å². The molecular formula is C15H20ClNO2S. The monoisotopic (exact) mass is 313 g/mol. The standard InChI is InChI=1S/C15H20ClNO2S/c1-10-4-6-17(7-5-10)15(20)11-8-13(18-2)14(19-3)9-12(11)16/h8-10H,4-7H2,1-3H3. The lowest BCUT2D eigenvalue weighted by atomic mass is 9.99. The summed E-state index contributed by atoms with van der Waals surface area (Å²) < 4.78 is 10.6. The van der Waals surface area contributed by atoms with Gasteiger partial charge in [0, 0.05) is 24.7 Å². The molecule has 20 heavy (non-hydrogen) atoms. The second-order valence-electron chi connectivity index (χ2n) is 5.16. The fourth-order valence-electron chi connectivity index (χ4n) is 2.40. The summed E-state index contributed by atoms with van der Waals surface area (Å²) in [7, 11) is 3.21. The van der Waals surface area contributed by atoms with Crippen molar-refractivity contribution in [2.75, 3.05) is 27.3 Å². The summed E-state index contributed by atoms with van der Waals surface area (Å²) in [5.74, 6) is 2.05. The first-order valence-corrected chi connectivity index (χ1v) is 7.56. The topological polar surface area (TPSA) is 21.7 Å². The minimum atomic E-state index is 0.603. The number of piperidine rings is 1. The average Bonchev–Trinajstić information content (AvgIpc) is 2.47. The Labute approximate surface area is 130 Å². The van der Waals surface area contributed by atoms with Gasteiger partial charge in [-0.25, -0.2) is 0 Å². The molecule has 1 aliphatic heterocycles. The first kappa shape index (κ1) is 15.4. The molecule has 0 spiro atoms. The van der Waals surface area contributed by atoms with E-state index in [2.05, 4.69) is 11.8 Å². The van der Waals surface area contributed by atoms with Gasteiger partial charge in [0.05, 0.1) is 19.2 Å². The van der Waals surface area contributed by atoms with Gasteiger partial charge in [-0.05, 0) is 24.8 Å². The summed E-state index contributed by atoms with van der Waals surface area (Å²) in [4.78, 5) is 3.02. The Hall–Kier alpha value is -1.00. The average molecular weight is 314 g/mol. The van der Waals surface area contributed by atoms with Crippen LogP contribution in [0.4, 0.5) is 0 Å². The fraction of sp³-hybridized carbons (Fsp3) is 0.533. The van der Waals surface area contributed by atoms with Crippen LogP contribution in [0.25, 0.3) is 0 Å². The highest BCUT2D eigenvalue weighted by atomic mass is 35.5. The zero-order chi connectivity index (χ0) is 14.7. The van der Waals surface area contributed by atoms with Crippen LogP contribution >= 0.6 is 23.8 Å². The minimum absolute atomic E-state index is 0.603. The molecule has 1 fully saturated rings. The Kier molecular flexibility index (Phi) is 5.11. The summed E-state index contributed by atoms with van der Waals surface area (Å²) >= 11 is 11.9. The number of thiocarbonyl (C=S) groups is 1. The highest BCUT2D eigenvalue weighted by Crippen LogP contribution is 2.34. The summed E-state index contributed by atoms with van der Waals surface area (Å²) in [6.45, 7) is 4.26. The Morgan fingerprint density at radius 2 is 1.75 bits per heavy atom. The molecule has 1 heterocycles. The molecule has 1 saturated heterocycles. The van der Waals surface area contributed by atoms with Crippen molar-refractivity contribution in [2.45, 2.75) is 19.8 Å². The maximum atomic E-state index is 6.33. The van der Waals surface area contributed by atoms with Crippen LogP contribution in [0, 0.1) is 5.92 Å². The van der Waals surface area contributed by atoms with E-state index >= 15 is 0 Å². The molecule has 0 N–H and O–H groups in total. The molecule has 0 atom stereocenters. The Morgan fingerprint density at radius 1 is 1.20 bits per heavy atom. The number of benzene rings is 1. The third-order valence-electron chi connectivity index (χ3n) is 3.77. The summed E-state index contributed by atoms with van der Waals surface area (Å²) in [5.41, 5.74) is 0.842. The smallest absolute Gasteiger partial charge is 0.162 e. The van der Waals surface area contributed by atoms with Gasteiger partial charge in [-0.1, -0.05) is 30.7 Å². The van der Waals surface area contributed by atoms with Gasteiger partial charge in [0.25, 0.3) is 0 Å². The van der Waals surface area contributed by atoms with E-state index in [9.17, 15) is 0 Å². The molecule has 0 aromatic heterocycles. The molecule has 0 amide bonds. The maximum absolute atomic E-state index is 6.33. The van der Waals surface area contributed by atoms with Crippen molar-refractivity contribution in [2.24, 2.45) is 5.92 Å². The molecule has 110 valence electrons. The van der Waals surface area contributed by atoms with E-state index in [0.717, 1.165) is 29.6 Å². The third kappa shape index (κ3) is 3.18. The Balaban J connectivity index is 2.25. The third-order valence-corrected chi connectivity index (χ3v) is 4.57. The second-order valence-corrected chi connectivity index (χ2v) is 5.96. The minimum Gasteiger partial charge on any atom is -0.493 e. The normalized spacial score (nSPS) is 16.1. The van der Waals surface area contributed by atoms with Crippen molar-refractivity contribution < 1.29 is 9.47 Å². The van der Waals surface area contributed by atoms with Gasteiger partial charge in [-0.2, -0.15) is 0 Å². The van der Waals surface area contributed by atoms with Crippen LogP contribution in [0.1, 0.15) is 25.3 Å². The van der Waals surface area contributed by atoms with Gasteiger partial charge in [-0.15, -0.1) is 0 Å². The lowest BCUT2D eigenvalue weighted by Crippen LogP contribution is -2.37. The van der Waals surface area contributed by atoms with Gasteiger partial charge in [0.15, 0.2) is 11.5 Å². The Bertz CT molecular complexity index is 499. The second kappa shape index (κ2) is 6.64. The van der Waals surface area contributed by atoms with Crippen LogP contribution in [0.3, 0.4) is 0 Å². The zero-order valence-electron chi connectivity index (χ0n) is 12.1. The fourth-order valence-corrected chi connectivity index (χ4v) is 3.05. The van der Waals surface area contributed by atoms with Crippen LogP contribution in [0.2, 0.25) is 5.02 Å². The largest absolute Gasteiger partial charge is 0.493 e. The van der Waals surface area contributed by atoms with Crippen LogP contribution in [-0.4, -0.2) is 37.2 Å². The predicted octanol–water partition coefficient (Wildman–Crippen LogP) is 3.76. The molecule has 1 aromatic rings. The molecule has 0 bridgehead atoms. The molecule has 1 aliphatic rings. The number of ether oxygens (including phenoxy) is 2. The van der Waals surface area contributed by atoms with Gasteiger partial charge in [-0.3, -0.25) is 0 Å². The molecular weight excluding hydrogens is 294 g/mol. The predicted molar refractivity (Wildman–Crippen MR) is 86.2 cm³/mol. The molecule has 1 aromatic carbocycles. The van der Waals surface area contributed by atoms with E-state index in [-0.39, 0.29) is 0 Å². The molecule has 0 unspecified atom stereocenters. The number of halogens is 1. The first-order valence-electron chi connectivity index (χ1n) is 6.77. The first-order chi connectivity index (χ1) is 9.56. The van der Waals surface area contributed by atoms with E-state index in [4.69, 9.17) is 33.3 Å². The number of hydrogen-bond acceptors (Lipinski definition) is 3. The van der Waals surface area contributed by atoms with Crippen molar-refractivity contribution in [1.82, 2.24) is 4.90 Å². The molecule has 3 nitrogen and oxygen atoms in total. The van der Waals surface area contributed by atoms with Crippen LogP contribution in [0.5, 0.6) is 11.5 Å². The van der Waals surface area contributed by atoms with Crippen molar-refractivity contribution in [3.8, 4) is 11.5 Å². The number of rotatable bonds is 3. The highest BCUT2D eigenvalue weighted by Gasteiger charge is 2.21. The molecule has 5 heteroatoms. The summed E-state index contributed by atoms with van der Waals surface area (Å²) in [6, 6.07) is 3.62. The van der Waals surface area contributed by atoms with E-state index in [0.29, 0.717) is 16.5 Å². The van der Waals surface area contributed by atoms with Crippen LogP contribution < -0.4 is 9.47 Å². The number of methoxy groups -OCH3 is 2. The SMILES string of the molecule is COc1cc(Cl)c(C(=S)N2CCC(C)CC2)cc1OC. The van der Waals surface area contributed by atoms with Gasteiger partial charge in [0.2, 0.25) is 0 Å². The van der Waals surface area contributed by atoms with Gasteiger partial charge < -0.3 is 14.4 Å². The van der Waals surface area contributed by atoms with E-state index in [1.807, 2.05) is 6.07 Å². The molecule has 0 aliphatic carbocycles. The molecule has 0 saturated carbocycles.